The maximum absolute atomic E-state index is 13.0. The van der Waals surface area contributed by atoms with Crippen LogP contribution in [0.5, 0.6) is 0 Å². The molecule has 2 fully saturated rings. The van der Waals surface area contributed by atoms with Crippen LogP contribution in [0, 0.1) is 0 Å². The molecule has 132 valence electrons. The van der Waals surface area contributed by atoms with Gasteiger partial charge >= 0.3 is 0 Å². The molecule has 1 aliphatic heterocycles. The Morgan fingerprint density at radius 2 is 1.71 bits per heavy atom. The Hall–Kier alpha value is -1.35. The summed E-state index contributed by atoms with van der Waals surface area (Å²) in [6, 6.07) is 8.76. The van der Waals surface area contributed by atoms with Crippen molar-refractivity contribution in [2.75, 3.05) is 33.2 Å². The second kappa shape index (κ2) is 6.51. The molecule has 0 unspecified atom stereocenters. The zero-order chi connectivity index (χ0) is 17.4. The molecule has 0 bridgehead atoms. The molecule has 1 saturated heterocycles. The summed E-state index contributed by atoms with van der Waals surface area (Å²) in [6.45, 7) is 10.9. The van der Waals surface area contributed by atoms with Crippen molar-refractivity contribution in [3.05, 3.63) is 35.4 Å². The van der Waals surface area contributed by atoms with Crippen molar-refractivity contribution in [1.29, 1.82) is 0 Å². The first kappa shape index (κ1) is 17.5. The lowest BCUT2D eigenvalue weighted by atomic mass is 9.84. The average molecular weight is 329 g/mol. The summed E-state index contributed by atoms with van der Waals surface area (Å²) in [5.41, 5.74) is 2.45. The van der Waals surface area contributed by atoms with Gasteiger partial charge < -0.3 is 9.80 Å². The Morgan fingerprint density at radius 1 is 1.12 bits per heavy atom. The lowest BCUT2D eigenvalue weighted by Crippen LogP contribution is -2.40. The van der Waals surface area contributed by atoms with Crippen LogP contribution >= 0.6 is 0 Å². The number of rotatable bonds is 5. The summed E-state index contributed by atoms with van der Waals surface area (Å²) < 4.78 is 0. The van der Waals surface area contributed by atoms with Crippen molar-refractivity contribution in [2.45, 2.75) is 57.3 Å². The van der Waals surface area contributed by atoms with Crippen molar-refractivity contribution in [1.82, 2.24) is 9.80 Å². The molecule has 0 aromatic heterocycles. The molecular weight excluding hydrogens is 296 g/mol. The summed E-state index contributed by atoms with van der Waals surface area (Å²) in [5.74, 6) is 0.310. The third-order valence-electron chi connectivity index (χ3n) is 5.76. The number of hydrogen-bond donors (Lipinski definition) is 0. The zero-order valence-electron chi connectivity index (χ0n) is 15.8. The molecule has 1 aliphatic carbocycles. The van der Waals surface area contributed by atoms with Crippen LogP contribution in [0.15, 0.2) is 24.3 Å². The van der Waals surface area contributed by atoms with E-state index in [1.54, 1.807) is 0 Å². The normalized spacial score (nSPS) is 20.2. The molecular formula is C21H32N2O. The van der Waals surface area contributed by atoms with E-state index < -0.39 is 0 Å². The standard InChI is InChI=1S/C21H32N2O/c1-20(2,3)17-7-9-18(10-8-17)21(11-12-21)19(24)22(4)15-16-23-13-5-6-14-23/h7-10H,5-6,11-16H2,1-4H3. The molecule has 1 aromatic rings. The van der Waals surface area contributed by atoms with Gasteiger partial charge in [0.2, 0.25) is 5.91 Å². The van der Waals surface area contributed by atoms with Gasteiger partial charge in [0.05, 0.1) is 5.41 Å². The van der Waals surface area contributed by atoms with Gasteiger partial charge in [-0.25, -0.2) is 0 Å². The van der Waals surface area contributed by atoms with Crippen LogP contribution in [-0.4, -0.2) is 48.9 Å². The summed E-state index contributed by atoms with van der Waals surface area (Å²) in [5, 5.41) is 0. The van der Waals surface area contributed by atoms with Crippen molar-refractivity contribution < 1.29 is 4.79 Å². The first-order valence-electron chi connectivity index (χ1n) is 9.42. The fourth-order valence-corrected chi connectivity index (χ4v) is 3.80. The second-order valence-corrected chi connectivity index (χ2v) is 8.68. The number of benzene rings is 1. The highest BCUT2D eigenvalue weighted by atomic mass is 16.2. The van der Waals surface area contributed by atoms with Gasteiger partial charge in [-0.2, -0.15) is 0 Å². The number of nitrogens with zero attached hydrogens (tertiary/aromatic N) is 2. The highest BCUT2D eigenvalue weighted by Crippen LogP contribution is 2.49. The van der Waals surface area contributed by atoms with E-state index in [1.807, 2.05) is 11.9 Å². The number of hydrogen-bond acceptors (Lipinski definition) is 2. The Kier molecular flexibility index (Phi) is 4.74. The van der Waals surface area contributed by atoms with E-state index in [-0.39, 0.29) is 10.8 Å². The monoisotopic (exact) mass is 328 g/mol. The zero-order valence-corrected chi connectivity index (χ0v) is 15.8. The van der Waals surface area contributed by atoms with Crippen LogP contribution in [0.2, 0.25) is 0 Å². The van der Waals surface area contributed by atoms with Crippen LogP contribution in [0.25, 0.3) is 0 Å². The summed E-state index contributed by atoms with van der Waals surface area (Å²) in [6.07, 6.45) is 4.60. The molecule has 1 amide bonds. The van der Waals surface area contributed by atoms with E-state index >= 15 is 0 Å². The summed E-state index contributed by atoms with van der Waals surface area (Å²) >= 11 is 0. The number of likely N-dealkylation sites (tertiary alicyclic amines) is 1. The molecule has 1 saturated carbocycles. The average Bonchev–Trinajstić information content (AvgIpc) is 3.20. The van der Waals surface area contributed by atoms with Crippen LogP contribution in [0.4, 0.5) is 0 Å². The molecule has 1 aromatic carbocycles. The number of likely N-dealkylation sites (N-methyl/N-ethyl adjacent to an activating group) is 1. The first-order chi connectivity index (χ1) is 11.3. The topological polar surface area (TPSA) is 23.6 Å². The van der Waals surface area contributed by atoms with Gasteiger partial charge in [-0.05, 0) is 55.3 Å². The molecule has 24 heavy (non-hydrogen) atoms. The van der Waals surface area contributed by atoms with Gasteiger partial charge in [-0.3, -0.25) is 4.79 Å². The quantitative estimate of drug-likeness (QED) is 0.825. The van der Waals surface area contributed by atoms with Gasteiger partial charge in [0.25, 0.3) is 0 Å². The molecule has 0 atom stereocenters. The number of carbonyl (C=O) groups excluding carboxylic acids is 1. The molecule has 1 heterocycles. The Balaban J connectivity index is 1.65. The van der Waals surface area contributed by atoms with Crippen molar-refractivity contribution in [2.24, 2.45) is 0 Å². The van der Waals surface area contributed by atoms with E-state index in [0.717, 1.165) is 25.9 Å². The van der Waals surface area contributed by atoms with Crippen LogP contribution < -0.4 is 0 Å². The van der Waals surface area contributed by atoms with Gasteiger partial charge in [0.15, 0.2) is 0 Å². The maximum atomic E-state index is 13.0. The third kappa shape index (κ3) is 3.51. The second-order valence-electron chi connectivity index (χ2n) is 8.68. The maximum Gasteiger partial charge on any atom is 0.233 e. The third-order valence-corrected chi connectivity index (χ3v) is 5.76. The minimum atomic E-state index is -0.240. The molecule has 3 nitrogen and oxygen atoms in total. The molecule has 0 radical (unpaired) electrons. The Labute approximate surface area is 147 Å². The molecule has 3 heteroatoms. The van der Waals surface area contributed by atoms with Crippen LogP contribution in [0.1, 0.15) is 57.6 Å². The van der Waals surface area contributed by atoms with E-state index in [0.29, 0.717) is 5.91 Å². The highest BCUT2D eigenvalue weighted by Gasteiger charge is 2.52. The molecule has 2 aliphatic rings. The van der Waals surface area contributed by atoms with Crippen molar-refractivity contribution in [3.63, 3.8) is 0 Å². The van der Waals surface area contributed by atoms with Crippen LogP contribution in [0.3, 0.4) is 0 Å². The minimum Gasteiger partial charge on any atom is -0.344 e. The SMILES string of the molecule is CN(CCN1CCCC1)C(=O)C1(c2ccc(C(C)(C)C)cc2)CC1. The van der Waals surface area contributed by atoms with Gasteiger partial charge in [-0.15, -0.1) is 0 Å². The predicted molar refractivity (Wildman–Crippen MR) is 99.4 cm³/mol. The summed E-state index contributed by atoms with van der Waals surface area (Å²) in [7, 11) is 1.97. The van der Waals surface area contributed by atoms with E-state index in [2.05, 4.69) is 49.9 Å². The fraction of sp³-hybridized carbons (Fsp3) is 0.667. The minimum absolute atomic E-state index is 0.159. The predicted octanol–water partition coefficient (Wildman–Crippen LogP) is 3.57. The lowest BCUT2D eigenvalue weighted by molar-refractivity contribution is -0.132. The Morgan fingerprint density at radius 3 is 2.21 bits per heavy atom. The smallest absolute Gasteiger partial charge is 0.233 e. The Bertz CT molecular complexity index is 575. The molecule has 0 spiro atoms. The fourth-order valence-electron chi connectivity index (χ4n) is 3.80. The largest absolute Gasteiger partial charge is 0.344 e. The first-order valence-corrected chi connectivity index (χ1v) is 9.42. The van der Waals surface area contributed by atoms with Gasteiger partial charge in [-0.1, -0.05) is 45.0 Å². The van der Waals surface area contributed by atoms with E-state index in [1.165, 1.54) is 37.1 Å². The lowest BCUT2D eigenvalue weighted by Gasteiger charge is -2.26. The van der Waals surface area contributed by atoms with E-state index in [9.17, 15) is 4.79 Å². The number of carbonyl (C=O) groups is 1. The molecule has 0 N–H and O–H groups in total. The van der Waals surface area contributed by atoms with E-state index in [4.69, 9.17) is 0 Å². The highest BCUT2D eigenvalue weighted by molar-refractivity contribution is 5.91. The molecule has 3 rings (SSSR count). The van der Waals surface area contributed by atoms with Crippen LogP contribution in [-0.2, 0) is 15.6 Å². The van der Waals surface area contributed by atoms with Crippen molar-refractivity contribution in [3.8, 4) is 0 Å². The summed E-state index contributed by atoms with van der Waals surface area (Å²) in [4.78, 5) is 17.5. The van der Waals surface area contributed by atoms with Crippen molar-refractivity contribution >= 4 is 5.91 Å². The number of amides is 1. The van der Waals surface area contributed by atoms with Gasteiger partial charge in [0, 0.05) is 20.1 Å². The van der Waals surface area contributed by atoms with Gasteiger partial charge in [0.1, 0.15) is 0 Å².